The highest BCUT2D eigenvalue weighted by Gasteiger charge is 2.22. The van der Waals surface area contributed by atoms with Crippen molar-refractivity contribution in [1.82, 2.24) is 9.99 Å². The molecule has 0 unspecified atom stereocenters. The molecule has 0 atom stereocenters. The Kier molecular flexibility index (Phi) is 4.88. The van der Waals surface area contributed by atoms with Crippen LogP contribution in [-0.2, 0) is 0 Å². The average molecular weight is 344 g/mol. The van der Waals surface area contributed by atoms with Gasteiger partial charge in [-0.3, -0.25) is 15.0 Å². The Hall–Kier alpha value is -3.43. The second-order valence-electron chi connectivity index (χ2n) is 5.31. The molecule has 1 aromatic carbocycles. The van der Waals surface area contributed by atoms with Crippen LogP contribution < -0.4 is 9.74 Å². The third-order valence-electron chi connectivity index (χ3n) is 3.76. The zero-order valence-corrected chi connectivity index (χ0v) is 13.3. The molecule has 1 aromatic heterocycles. The molecule has 0 aliphatic carbocycles. The zero-order valence-electron chi connectivity index (χ0n) is 13.3. The quantitative estimate of drug-likeness (QED) is 0.353. The van der Waals surface area contributed by atoms with Crippen LogP contribution in [0.25, 0.3) is 0 Å². The Balaban J connectivity index is 1.54. The summed E-state index contributed by atoms with van der Waals surface area (Å²) in [5.74, 6) is 0.00868. The number of nitro groups is 1. The first-order chi connectivity index (χ1) is 12.1. The van der Waals surface area contributed by atoms with E-state index in [9.17, 15) is 15.3 Å². The molecule has 0 spiro atoms. The van der Waals surface area contributed by atoms with E-state index in [1.165, 1.54) is 17.1 Å². The predicted molar refractivity (Wildman–Crippen MR) is 87.8 cm³/mol. The van der Waals surface area contributed by atoms with E-state index in [2.05, 4.69) is 15.2 Å². The van der Waals surface area contributed by atoms with Gasteiger partial charge in [0.1, 0.15) is 6.20 Å². The van der Waals surface area contributed by atoms with Crippen LogP contribution in [0.3, 0.4) is 0 Å². The normalized spacial score (nSPS) is 15.1. The summed E-state index contributed by atoms with van der Waals surface area (Å²) in [4.78, 5) is 21.2. The van der Waals surface area contributed by atoms with Gasteiger partial charge in [0, 0.05) is 30.9 Å². The molecule has 2 heterocycles. The van der Waals surface area contributed by atoms with Gasteiger partial charge in [0.2, 0.25) is 5.28 Å². The Labute approximate surface area is 143 Å². The highest BCUT2D eigenvalue weighted by molar-refractivity contribution is 5.46. The lowest BCUT2D eigenvalue weighted by molar-refractivity contribution is -0.707. The van der Waals surface area contributed by atoms with Crippen molar-refractivity contribution < 1.29 is 14.7 Å². The summed E-state index contributed by atoms with van der Waals surface area (Å²) >= 11 is 0. The van der Waals surface area contributed by atoms with Gasteiger partial charge in [0.15, 0.2) is 0 Å². The van der Waals surface area contributed by atoms with Crippen LogP contribution in [0.5, 0.6) is 5.88 Å². The van der Waals surface area contributed by atoms with Gasteiger partial charge in [-0.25, -0.2) is 4.98 Å². The minimum Gasteiger partial charge on any atom is -0.569 e. The topological polar surface area (TPSA) is 110 Å². The highest BCUT2D eigenvalue weighted by atomic mass is 16.7. The number of aromatic nitrogens is 1. The van der Waals surface area contributed by atoms with Crippen molar-refractivity contribution in [2.24, 2.45) is 5.28 Å². The first-order valence-corrected chi connectivity index (χ1v) is 7.64. The number of piperazine rings is 1. The van der Waals surface area contributed by atoms with Crippen LogP contribution in [0, 0.1) is 15.3 Å². The molecule has 1 aliphatic rings. The lowest BCUT2D eigenvalue weighted by atomic mass is 10.2. The van der Waals surface area contributed by atoms with Crippen molar-refractivity contribution in [1.29, 1.82) is 0 Å². The van der Waals surface area contributed by atoms with Crippen LogP contribution in [0.15, 0.2) is 53.9 Å². The van der Waals surface area contributed by atoms with Crippen molar-refractivity contribution in [3.63, 3.8) is 0 Å². The van der Waals surface area contributed by atoms with Crippen LogP contribution in [0.4, 0.5) is 11.4 Å². The third kappa shape index (κ3) is 4.10. The zero-order chi connectivity index (χ0) is 17.6. The molecule has 0 radical (unpaired) electrons. The summed E-state index contributed by atoms with van der Waals surface area (Å²) in [6.07, 6.45) is 1.04. The van der Waals surface area contributed by atoms with E-state index in [0.717, 1.165) is 11.9 Å². The van der Waals surface area contributed by atoms with Crippen molar-refractivity contribution in [3.8, 4) is 5.88 Å². The maximum absolute atomic E-state index is 12.0. The molecule has 3 rings (SSSR count). The number of hydrogen-bond donors (Lipinski definition) is 0. The fourth-order valence-electron chi connectivity index (χ4n) is 2.43. The van der Waals surface area contributed by atoms with Gasteiger partial charge >= 0.3 is 0 Å². The van der Waals surface area contributed by atoms with E-state index < -0.39 is 4.92 Å². The first kappa shape index (κ1) is 16.4. The molecule has 0 bridgehead atoms. The summed E-state index contributed by atoms with van der Waals surface area (Å²) in [6.45, 7) is 2.37. The second-order valence-corrected chi connectivity index (χ2v) is 5.31. The Morgan fingerprint density at radius 1 is 1.04 bits per heavy atom. The van der Waals surface area contributed by atoms with E-state index in [4.69, 9.17) is 4.84 Å². The van der Waals surface area contributed by atoms with Crippen molar-refractivity contribution >= 4 is 11.4 Å². The van der Waals surface area contributed by atoms with Crippen molar-refractivity contribution in [2.75, 3.05) is 31.1 Å². The Bertz CT molecular complexity index is 744. The minimum atomic E-state index is -0.569. The number of anilines is 1. The average Bonchev–Trinajstić information content (AvgIpc) is 2.67. The molecular weight excluding hydrogens is 328 g/mol. The Morgan fingerprint density at radius 3 is 2.36 bits per heavy atom. The monoisotopic (exact) mass is 344 g/mol. The lowest BCUT2D eigenvalue weighted by Gasteiger charge is -2.32. The van der Waals surface area contributed by atoms with E-state index in [1.54, 1.807) is 0 Å². The number of hydrogen-bond acceptors (Lipinski definition) is 7. The second kappa shape index (κ2) is 7.43. The van der Waals surface area contributed by atoms with Crippen molar-refractivity contribution in [2.45, 2.75) is 0 Å². The lowest BCUT2D eigenvalue weighted by Crippen LogP contribution is -2.49. The van der Waals surface area contributed by atoms with Crippen LogP contribution in [-0.4, -0.2) is 46.1 Å². The molecule has 10 heteroatoms. The molecular formula is C15H16N6O4. The van der Waals surface area contributed by atoms with Crippen LogP contribution in [0.2, 0.25) is 0 Å². The summed E-state index contributed by atoms with van der Waals surface area (Å²) in [5, 5.41) is 27.5. The van der Waals surface area contributed by atoms with Gasteiger partial charge in [0.05, 0.1) is 23.0 Å². The summed E-state index contributed by atoms with van der Waals surface area (Å²) in [7, 11) is 0. The van der Waals surface area contributed by atoms with Crippen LogP contribution in [0.1, 0.15) is 0 Å². The van der Waals surface area contributed by atoms with E-state index in [0.29, 0.717) is 31.1 Å². The van der Waals surface area contributed by atoms with Gasteiger partial charge in [0.25, 0.3) is 11.6 Å². The SMILES string of the molecule is O=[N+]([O-])c1ccc(O/N=[N+](\[O-])N2CCN(c3ccccc3)CC2)nc1. The molecule has 1 saturated heterocycles. The molecule has 1 fully saturated rings. The fraction of sp³-hybridized carbons (Fsp3) is 0.267. The molecule has 25 heavy (non-hydrogen) atoms. The molecule has 2 aromatic rings. The Morgan fingerprint density at radius 2 is 1.76 bits per heavy atom. The van der Waals surface area contributed by atoms with E-state index in [1.807, 2.05) is 30.3 Å². The third-order valence-corrected chi connectivity index (χ3v) is 3.76. The minimum absolute atomic E-state index is 0.00868. The van der Waals surface area contributed by atoms with Gasteiger partial charge in [-0.2, -0.15) is 0 Å². The largest absolute Gasteiger partial charge is 0.569 e. The van der Waals surface area contributed by atoms with Gasteiger partial charge < -0.3 is 10.1 Å². The number of para-hydroxylation sites is 1. The van der Waals surface area contributed by atoms with E-state index >= 15 is 0 Å². The summed E-state index contributed by atoms with van der Waals surface area (Å²) in [6, 6.07) is 12.5. The summed E-state index contributed by atoms with van der Waals surface area (Å²) in [5.41, 5.74) is 0.950. The smallest absolute Gasteiger partial charge is 0.287 e. The molecule has 130 valence electrons. The number of benzene rings is 1. The number of pyridine rings is 1. The molecule has 10 nitrogen and oxygen atoms in total. The maximum atomic E-state index is 12.0. The highest BCUT2D eigenvalue weighted by Crippen LogP contribution is 2.16. The summed E-state index contributed by atoms with van der Waals surface area (Å²) < 4.78 is 0. The standard InChI is InChI=1S/C15H16N6O4/c22-20(23)14-6-7-15(16-12-14)25-17-21(24)19-10-8-18(9-11-19)13-4-2-1-3-5-13/h1-7,12H,8-11H2/b21-17-. The fourth-order valence-corrected chi connectivity index (χ4v) is 2.43. The van der Waals surface area contributed by atoms with Gasteiger partial charge in [-0.05, 0) is 12.1 Å². The number of nitrogens with zero attached hydrogens (tertiary/aromatic N) is 6. The van der Waals surface area contributed by atoms with Crippen molar-refractivity contribution in [3.05, 3.63) is 64.0 Å². The maximum Gasteiger partial charge on any atom is 0.287 e. The number of rotatable bonds is 5. The van der Waals surface area contributed by atoms with Crippen LogP contribution >= 0.6 is 0 Å². The molecule has 0 N–H and O–H groups in total. The molecule has 0 amide bonds. The number of hydrazine groups is 1. The van der Waals surface area contributed by atoms with Gasteiger partial charge in [-0.1, -0.05) is 18.2 Å². The first-order valence-electron chi connectivity index (χ1n) is 7.64. The van der Waals surface area contributed by atoms with E-state index in [-0.39, 0.29) is 11.6 Å². The van der Waals surface area contributed by atoms with Gasteiger partial charge in [-0.15, -0.1) is 5.01 Å². The predicted octanol–water partition coefficient (Wildman–Crippen LogP) is 1.98. The molecule has 1 aliphatic heterocycles. The molecule has 0 saturated carbocycles.